The Bertz CT molecular complexity index is 355. The normalized spacial score (nSPS) is 34.7. The van der Waals surface area contributed by atoms with Gasteiger partial charge in [0.15, 0.2) is 0 Å². The van der Waals surface area contributed by atoms with Crippen LogP contribution in [0.2, 0.25) is 0 Å². The van der Waals surface area contributed by atoms with Crippen molar-refractivity contribution in [1.82, 2.24) is 9.62 Å². The highest BCUT2D eigenvalue weighted by Crippen LogP contribution is 2.29. The maximum Gasteiger partial charge on any atom is 0.218 e. The van der Waals surface area contributed by atoms with Gasteiger partial charge in [-0.1, -0.05) is 6.92 Å². The van der Waals surface area contributed by atoms with Gasteiger partial charge in [-0.2, -0.15) is 0 Å². The zero-order chi connectivity index (χ0) is 13.2. The lowest BCUT2D eigenvalue weighted by molar-refractivity contribution is 0.243. The molecule has 0 radical (unpaired) electrons. The highest BCUT2D eigenvalue weighted by atomic mass is 32.2. The van der Waals surface area contributed by atoms with E-state index in [1.54, 1.807) is 11.4 Å². The number of sulfonamides is 1. The van der Waals surface area contributed by atoms with Gasteiger partial charge >= 0.3 is 0 Å². The minimum atomic E-state index is -3.11. The van der Waals surface area contributed by atoms with Crippen LogP contribution in [0.1, 0.15) is 45.4 Å². The topological polar surface area (TPSA) is 49.4 Å². The molecule has 1 saturated heterocycles. The molecular formula is C13H26N2O2S. The third kappa shape index (κ3) is 3.06. The molecule has 18 heavy (non-hydrogen) atoms. The van der Waals surface area contributed by atoms with Crippen molar-refractivity contribution in [3.63, 3.8) is 0 Å². The highest BCUT2D eigenvalue weighted by molar-refractivity contribution is 7.89. The summed E-state index contributed by atoms with van der Waals surface area (Å²) in [6.07, 6.45) is 6.15. The molecule has 4 nitrogen and oxygen atoms in total. The van der Waals surface area contributed by atoms with E-state index in [0.717, 1.165) is 51.0 Å². The Kier molecular flexibility index (Phi) is 4.67. The lowest BCUT2D eigenvalue weighted by Gasteiger charge is -2.36. The van der Waals surface area contributed by atoms with Crippen LogP contribution in [0, 0.1) is 5.92 Å². The minimum Gasteiger partial charge on any atom is -0.315 e. The standard InChI is InChI=1S/C13H26N2O2S/c1-11-5-7-12(8-6-11)15(2)18(16,17)13-4-3-9-14-10-13/h11-14H,3-10H2,1-2H3. The van der Waals surface area contributed by atoms with Crippen molar-refractivity contribution in [1.29, 1.82) is 0 Å². The Labute approximate surface area is 111 Å². The Hall–Kier alpha value is -0.130. The molecule has 0 aromatic heterocycles. The van der Waals surface area contributed by atoms with Crippen LogP contribution in [0.5, 0.6) is 0 Å². The summed E-state index contributed by atoms with van der Waals surface area (Å²) >= 11 is 0. The smallest absolute Gasteiger partial charge is 0.218 e. The van der Waals surface area contributed by atoms with Gasteiger partial charge in [-0.3, -0.25) is 0 Å². The van der Waals surface area contributed by atoms with Gasteiger partial charge in [-0.15, -0.1) is 0 Å². The van der Waals surface area contributed by atoms with Gasteiger partial charge < -0.3 is 5.32 Å². The number of rotatable bonds is 3. The molecule has 0 aromatic rings. The molecule has 1 unspecified atom stereocenters. The molecular weight excluding hydrogens is 248 g/mol. The van der Waals surface area contributed by atoms with Crippen LogP contribution in [0.4, 0.5) is 0 Å². The van der Waals surface area contributed by atoms with Crippen molar-refractivity contribution >= 4 is 10.0 Å². The van der Waals surface area contributed by atoms with Crippen molar-refractivity contribution in [2.24, 2.45) is 5.92 Å². The third-order valence-electron chi connectivity index (χ3n) is 4.57. The average molecular weight is 274 g/mol. The summed E-state index contributed by atoms with van der Waals surface area (Å²) in [5, 5.41) is 2.99. The summed E-state index contributed by atoms with van der Waals surface area (Å²) in [4.78, 5) is 0. The van der Waals surface area contributed by atoms with Gasteiger partial charge in [0.05, 0.1) is 5.25 Å². The summed E-state index contributed by atoms with van der Waals surface area (Å²) in [5.74, 6) is 0.758. The number of nitrogens with zero attached hydrogens (tertiary/aromatic N) is 1. The van der Waals surface area contributed by atoms with Crippen LogP contribution in [0.25, 0.3) is 0 Å². The maximum absolute atomic E-state index is 12.6. The fraction of sp³-hybridized carbons (Fsp3) is 1.00. The molecule has 2 rings (SSSR count). The molecule has 1 N–H and O–H groups in total. The molecule has 0 spiro atoms. The largest absolute Gasteiger partial charge is 0.315 e. The second-order valence-electron chi connectivity index (χ2n) is 5.94. The molecule has 1 atom stereocenters. The maximum atomic E-state index is 12.6. The van der Waals surface area contributed by atoms with E-state index in [4.69, 9.17) is 0 Å². The van der Waals surface area contributed by atoms with Crippen LogP contribution < -0.4 is 5.32 Å². The molecule has 2 fully saturated rings. The van der Waals surface area contributed by atoms with Crippen molar-refractivity contribution in [2.45, 2.75) is 56.7 Å². The molecule has 5 heteroatoms. The third-order valence-corrected chi connectivity index (χ3v) is 6.92. The zero-order valence-electron chi connectivity index (χ0n) is 11.6. The van der Waals surface area contributed by atoms with Crippen LogP contribution >= 0.6 is 0 Å². The van der Waals surface area contributed by atoms with Gasteiger partial charge in [0.1, 0.15) is 0 Å². The fourth-order valence-corrected chi connectivity index (χ4v) is 5.01. The summed E-state index contributed by atoms with van der Waals surface area (Å²) < 4.78 is 26.8. The number of nitrogens with one attached hydrogen (secondary N) is 1. The SMILES string of the molecule is CC1CCC(N(C)S(=O)(=O)C2CCCNC2)CC1. The second-order valence-corrected chi connectivity index (χ2v) is 8.22. The molecule has 0 bridgehead atoms. The first-order valence-corrected chi connectivity index (χ1v) is 8.69. The molecule has 1 aliphatic heterocycles. The molecule has 1 heterocycles. The molecule has 106 valence electrons. The van der Waals surface area contributed by atoms with E-state index in [-0.39, 0.29) is 11.3 Å². The predicted molar refractivity (Wildman–Crippen MR) is 74.0 cm³/mol. The van der Waals surface area contributed by atoms with E-state index < -0.39 is 10.0 Å². The first kappa shape index (κ1) is 14.3. The van der Waals surface area contributed by atoms with Gasteiger partial charge in [0, 0.05) is 19.6 Å². The summed E-state index contributed by atoms with van der Waals surface area (Å²) in [6.45, 7) is 3.84. The van der Waals surface area contributed by atoms with Crippen LogP contribution in [0.15, 0.2) is 0 Å². The lowest BCUT2D eigenvalue weighted by atomic mass is 9.87. The Morgan fingerprint density at radius 3 is 2.33 bits per heavy atom. The highest BCUT2D eigenvalue weighted by Gasteiger charge is 2.35. The molecule has 0 amide bonds. The van der Waals surface area contributed by atoms with E-state index in [9.17, 15) is 8.42 Å². The van der Waals surface area contributed by atoms with E-state index in [0.29, 0.717) is 6.54 Å². The van der Waals surface area contributed by atoms with Gasteiger partial charge in [-0.05, 0) is 51.0 Å². The monoisotopic (exact) mass is 274 g/mol. The van der Waals surface area contributed by atoms with E-state index in [2.05, 4.69) is 12.2 Å². The van der Waals surface area contributed by atoms with Gasteiger partial charge in [0.25, 0.3) is 0 Å². The zero-order valence-corrected chi connectivity index (χ0v) is 12.4. The molecule has 1 aliphatic carbocycles. The fourth-order valence-electron chi connectivity index (χ4n) is 3.12. The second kappa shape index (κ2) is 5.88. The average Bonchev–Trinajstić information content (AvgIpc) is 2.40. The Morgan fingerprint density at radius 1 is 1.11 bits per heavy atom. The first-order chi connectivity index (χ1) is 8.51. The number of hydrogen-bond acceptors (Lipinski definition) is 3. The van der Waals surface area contributed by atoms with Crippen LogP contribution in [-0.2, 0) is 10.0 Å². The van der Waals surface area contributed by atoms with E-state index in [1.165, 1.54) is 0 Å². The quantitative estimate of drug-likeness (QED) is 0.850. The van der Waals surface area contributed by atoms with E-state index >= 15 is 0 Å². The number of piperidine rings is 1. The van der Waals surface area contributed by atoms with Gasteiger partial charge in [-0.25, -0.2) is 12.7 Å². The molecule has 0 aromatic carbocycles. The Morgan fingerprint density at radius 2 is 1.78 bits per heavy atom. The Balaban J connectivity index is 2.00. The van der Waals surface area contributed by atoms with Crippen molar-refractivity contribution in [2.75, 3.05) is 20.1 Å². The first-order valence-electron chi connectivity index (χ1n) is 7.19. The van der Waals surface area contributed by atoms with Crippen molar-refractivity contribution in [3.05, 3.63) is 0 Å². The molecule has 2 aliphatic rings. The molecule has 1 saturated carbocycles. The number of hydrogen-bond donors (Lipinski definition) is 1. The summed E-state index contributed by atoms with van der Waals surface area (Å²) in [6, 6.07) is 0.230. The van der Waals surface area contributed by atoms with Crippen molar-refractivity contribution < 1.29 is 8.42 Å². The van der Waals surface area contributed by atoms with Crippen LogP contribution in [0.3, 0.4) is 0 Å². The summed E-state index contributed by atoms with van der Waals surface area (Å²) in [7, 11) is -1.33. The minimum absolute atomic E-state index is 0.212. The lowest BCUT2D eigenvalue weighted by Crippen LogP contribution is -2.48. The summed E-state index contributed by atoms with van der Waals surface area (Å²) in [5.41, 5.74) is 0. The van der Waals surface area contributed by atoms with Gasteiger partial charge in [0.2, 0.25) is 10.0 Å². The van der Waals surface area contributed by atoms with Crippen LogP contribution in [-0.4, -0.2) is 44.2 Å². The predicted octanol–water partition coefficient (Wildman–Crippen LogP) is 1.58. The van der Waals surface area contributed by atoms with E-state index in [1.807, 2.05) is 0 Å². The van der Waals surface area contributed by atoms with Crippen molar-refractivity contribution in [3.8, 4) is 0 Å².